The van der Waals surface area contributed by atoms with Crippen LogP contribution >= 0.6 is 11.8 Å². The van der Waals surface area contributed by atoms with Crippen LogP contribution in [-0.2, 0) is 9.59 Å². The van der Waals surface area contributed by atoms with Gasteiger partial charge in [-0.3, -0.25) is 14.6 Å². The van der Waals surface area contributed by atoms with Gasteiger partial charge in [-0.1, -0.05) is 18.2 Å². The Morgan fingerprint density at radius 1 is 1.10 bits per heavy atom. The normalized spacial score (nSPS) is 10.1. The fraction of sp³-hybridized carbons (Fsp3) is 0.133. The highest BCUT2D eigenvalue weighted by Crippen LogP contribution is 2.19. The highest BCUT2D eigenvalue weighted by atomic mass is 32.2. The Balaban J connectivity index is 2.06. The number of benzene rings is 1. The second-order valence-corrected chi connectivity index (χ2v) is 5.23. The first-order valence-electron chi connectivity index (χ1n) is 6.27. The van der Waals surface area contributed by atoms with Crippen molar-refractivity contribution >= 4 is 29.3 Å². The summed E-state index contributed by atoms with van der Waals surface area (Å²) in [5.41, 5.74) is 0.584. The van der Waals surface area contributed by atoms with E-state index in [0.717, 1.165) is 4.90 Å². The molecule has 0 radical (unpaired) electrons. The molecule has 0 fully saturated rings. The lowest BCUT2D eigenvalue weighted by molar-refractivity contribution is -0.136. The Morgan fingerprint density at radius 2 is 1.76 bits per heavy atom. The van der Waals surface area contributed by atoms with Crippen molar-refractivity contribution < 1.29 is 14.7 Å². The maximum atomic E-state index is 12.3. The first-order chi connectivity index (χ1) is 10.2. The number of hydrogen-bond donors (Lipinski definition) is 1. The van der Waals surface area contributed by atoms with Gasteiger partial charge in [0.05, 0.1) is 5.75 Å². The molecule has 2 aromatic rings. The molecule has 5 nitrogen and oxygen atoms in total. The Morgan fingerprint density at radius 3 is 2.38 bits per heavy atom. The van der Waals surface area contributed by atoms with Crippen LogP contribution in [0.3, 0.4) is 0 Å². The van der Waals surface area contributed by atoms with Crippen LogP contribution in [0.5, 0.6) is 0 Å². The van der Waals surface area contributed by atoms with E-state index in [1.165, 1.54) is 16.7 Å². The van der Waals surface area contributed by atoms with Gasteiger partial charge in [-0.05, 0) is 24.3 Å². The van der Waals surface area contributed by atoms with Crippen molar-refractivity contribution in [3.63, 3.8) is 0 Å². The van der Waals surface area contributed by atoms with Crippen molar-refractivity contribution in [3.8, 4) is 0 Å². The van der Waals surface area contributed by atoms with Gasteiger partial charge in [0.2, 0.25) is 5.91 Å². The van der Waals surface area contributed by atoms with Gasteiger partial charge >= 0.3 is 5.97 Å². The lowest BCUT2D eigenvalue weighted by atomic mass is 10.3. The second kappa shape index (κ2) is 7.44. The number of rotatable bonds is 6. The average molecular weight is 302 g/mol. The molecule has 0 bridgehead atoms. The van der Waals surface area contributed by atoms with Crippen LogP contribution in [0, 0.1) is 0 Å². The summed E-state index contributed by atoms with van der Waals surface area (Å²) in [5.74, 6) is -1.11. The Bertz CT molecular complexity index is 605. The molecule has 0 saturated heterocycles. The van der Waals surface area contributed by atoms with Gasteiger partial charge in [0.15, 0.2) is 0 Å². The zero-order valence-corrected chi connectivity index (χ0v) is 12.0. The zero-order valence-electron chi connectivity index (χ0n) is 11.2. The third-order valence-corrected chi connectivity index (χ3v) is 3.67. The van der Waals surface area contributed by atoms with Crippen LogP contribution < -0.4 is 4.90 Å². The first-order valence-corrected chi connectivity index (χ1v) is 7.25. The van der Waals surface area contributed by atoms with Crippen LogP contribution in [0.2, 0.25) is 0 Å². The van der Waals surface area contributed by atoms with Crippen molar-refractivity contribution in [1.82, 2.24) is 4.98 Å². The molecule has 1 N–H and O–H groups in total. The van der Waals surface area contributed by atoms with Crippen molar-refractivity contribution in [2.45, 2.75) is 4.90 Å². The first kappa shape index (κ1) is 15.1. The summed E-state index contributed by atoms with van der Waals surface area (Å²) in [6.07, 6.45) is 3.30. The number of hydrogen-bond acceptors (Lipinski definition) is 4. The molecule has 1 aromatic heterocycles. The lowest BCUT2D eigenvalue weighted by Crippen LogP contribution is -2.36. The fourth-order valence-electron chi connectivity index (χ4n) is 1.72. The summed E-state index contributed by atoms with van der Waals surface area (Å²) in [4.78, 5) is 29.3. The van der Waals surface area contributed by atoms with E-state index < -0.39 is 5.97 Å². The number of carbonyl (C=O) groups is 2. The number of anilines is 1. The van der Waals surface area contributed by atoms with Gasteiger partial charge in [0, 0.05) is 23.0 Å². The predicted molar refractivity (Wildman–Crippen MR) is 81.4 cm³/mol. The number of para-hydroxylation sites is 1. The van der Waals surface area contributed by atoms with Gasteiger partial charge in [-0.15, -0.1) is 11.8 Å². The number of carbonyl (C=O) groups excluding carboxylic acids is 1. The Labute approximate surface area is 126 Å². The molecule has 1 heterocycles. The van der Waals surface area contributed by atoms with Crippen molar-refractivity contribution in [3.05, 3.63) is 54.9 Å². The topological polar surface area (TPSA) is 70.5 Å². The van der Waals surface area contributed by atoms with Crippen LogP contribution in [-0.4, -0.2) is 34.3 Å². The van der Waals surface area contributed by atoms with Gasteiger partial charge in [-0.25, -0.2) is 0 Å². The van der Waals surface area contributed by atoms with Crippen LogP contribution in [0.25, 0.3) is 0 Å². The number of carboxylic acids is 1. The highest BCUT2D eigenvalue weighted by molar-refractivity contribution is 8.00. The SMILES string of the molecule is O=C(O)CN(C(=O)CSc1ccncc1)c1ccccc1. The molecular weight excluding hydrogens is 288 g/mol. The number of thioether (sulfide) groups is 1. The van der Waals surface area contributed by atoms with E-state index >= 15 is 0 Å². The van der Waals surface area contributed by atoms with E-state index in [-0.39, 0.29) is 18.2 Å². The summed E-state index contributed by atoms with van der Waals surface area (Å²) in [6, 6.07) is 12.4. The number of aliphatic carboxylic acids is 1. The van der Waals surface area contributed by atoms with E-state index in [0.29, 0.717) is 5.69 Å². The molecule has 0 atom stereocenters. The van der Waals surface area contributed by atoms with Crippen LogP contribution in [0.1, 0.15) is 0 Å². The summed E-state index contributed by atoms with van der Waals surface area (Å²) < 4.78 is 0. The predicted octanol–water partition coefficient (Wildman–Crippen LogP) is 2.29. The molecule has 0 spiro atoms. The van der Waals surface area contributed by atoms with Gasteiger partial charge in [-0.2, -0.15) is 0 Å². The van der Waals surface area contributed by atoms with Gasteiger partial charge in [0.1, 0.15) is 6.54 Å². The standard InChI is InChI=1S/C15H14N2O3S/c18-14(11-21-13-6-8-16-9-7-13)17(10-15(19)20)12-4-2-1-3-5-12/h1-9H,10-11H2,(H,19,20). The Hall–Kier alpha value is -2.34. The van der Waals surface area contributed by atoms with Crippen molar-refractivity contribution in [2.75, 3.05) is 17.2 Å². The number of aromatic nitrogens is 1. The summed E-state index contributed by atoms with van der Waals surface area (Å²) in [5, 5.41) is 8.97. The summed E-state index contributed by atoms with van der Waals surface area (Å²) >= 11 is 1.35. The molecule has 0 saturated carbocycles. The maximum Gasteiger partial charge on any atom is 0.323 e. The maximum absolute atomic E-state index is 12.3. The third kappa shape index (κ3) is 4.61. The molecular formula is C15H14N2O3S. The highest BCUT2D eigenvalue weighted by Gasteiger charge is 2.18. The minimum absolute atomic E-state index is 0.173. The van der Waals surface area contributed by atoms with E-state index in [1.54, 1.807) is 36.7 Å². The molecule has 108 valence electrons. The van der Waals surface area contributed by atoms with Crippen molar-refractivity contribution in [1.29, 1.82) is 0 Å². The number of amides is 1. The largest absolute Gasteiger partial charge is 0.480 e. The van der Waals surface area contributed by atoms with Crippen LogP contribution in [0.4, 0.5) is 5.69 Å². The van der Waals surface area contributed by atoms with Gasteiger partial charge in [0.25, 0.3) is 0 Å². The van der Waals surface area contributed by atoms with Crippen molar-refractivity contribution in [2.24, 2.45) is 0 Å². The minimum Gasteiger partial charge on any atom is -0.480 e. The summed E-state index contributed by atoms with van der Waals surface area (Å²) in [6.45, 7) is -0.347. The molecule has 0 aliphatic heterocycles. The van der Waals surface area contributed by atoms with Gasteiger partial charge < -0.3 is 10.0 Å². The zero-order chi connectivity index (χ0) is 15.1. The number of nitrogens with zero attached hydrogens (tertiary/aromatic N) is 2. The third-order valence-electron chi connectivity index (χ3n) is 2.67. The lowest BCUT2D eigenvalue weighted by Gasteiger charge is -2.20. The molecule has 1 aromatic carbocycles. The molecule has 1 amide bonds. The molecule has 0 aliphatic carbocycles. The van der Waals surface area contributed by atoms with E-state index in [2.05, 4.69) is 4.98 Å². The molecule has 0 unspecified atom stereocenters. The quantitative estimate of drug-likeness (QED) is 0.829. The molecule has 6 heteroatoms. The minimum atomic E-state index is -1.04. The number of pyridine rings is 1. The Kier molecular flexibility index (Phi) is 5.34. The fourth-order valence-corrected chi connectivity index (χ4v) is 2.48. The molecule has 21 heavy (non-hydrogen) atoms. The van der Waals surface area contributed by atoms with E-state index in [4.69, 9.17) is 5.11 Å². The average Bonchev–Trinajstić information content (AvgIpc) is 2.52. The van der Waals surface area contributed by atoms with Crippen LogP contribution in [0.15, 0.2) is 59.8 Å². The smallest absolute Gasteiger partial charge is 0.323 e. The summed E-state index contributed by atoms with van der Waals surface area (Å²) in [7, 11) is 0. The molecule has 0 aliphatic rings. The van der Waals surface area contributed by atoms with E-state index in [1.807, 2.05) is 18.2 Å². The monoisotopic (exact) mass is 302 g/mol. The molecule has 2 rings (SSSR count). The number of carboxylic acid groups (broad SMARTS) is 1. The second-order valence-electron chi connectivity index (χ2n) is 4.18. The van der Waals surface area contributed by atoms with E-state index in [9.17, 15) is 9.59 Å².